The highest BCUT2D eigenvalue weighted by atomic mass is 19.1. The Morgan fingerprint density at radius 1 is 0.806 bits per heavy atom. The van der Waals surface area contributed by atoms with Gasteiger partial charge in [0.05, 0.1) is 0 Å². The van der Waals surface area contributed by atoms with Crippen molar-refractivity contribution in [2.24, 2.45) is 0 Å². The number of hydrogen-bond donors (Lipinski definition) is 1. The molecule has 0 aliphatic carbocycles. The molecule has 5 nitrogen and oxygen atoms in total. The van der Waals surface area contributed by atoms with Gasteiger partial charge < -0.3 is 14.5 Å². The minimum Gasteiger partial charge on any atom is -0.450 e. The standard InChI is InChI=1S/C25H18FNO4/c26-19-12-10-18(11-13-19)22-14-15-23(31-22)25(29)30-16-24(28)27-21-9-5-4-8-20(21)17-6-2-1-3-7-17/h1-15H,16H2,(H,27,28). The highest BCUT2D eigenvalue weighted by molar-refractivity contribution is 5.97. The van der Waals surface area contributed by atoms with Gasteiger partial charge in [0.1, 0.15) is 11.6 Å². The van der Waals surface area contributed by atoms with Crippen LogP contribution in [0.4, 0.5) is 10.1 Å². The van der Waals surface area contributed by atoms with Crippen molar-refractivity contribution >= 4 is 17.6 Å². The summed E-state index contributed by atoms with van der Waals surface area (Å²) in [5, 5.41) is 2.77. The van der Waals surface area contributed by atoms with Crippen molar-refractivity contribution in [3.05, 3.63) is 103 Å². The monoisotopic (exact) mass is 415 g/mol. The Labute approximate surface area is 178 Å². The van der Waals surface area contributed by atoms with Gasteiger partial charge in [0, 0.05) is 16.8 Å². The van der Waals surface area contributed by atoms with Crippen LogP contribution in [0.25, 0.3) is 22.5 Å². The SMILES string of the molecule is O=C(COC(=O)c1ccc(-c2ccc(F)cc2)o1)Nc1ccccc1-c1ccccc1. The number of carbonyl (C=O) groups excluding carboxylic acids is 2. The summed E-state index contributed by atoms with van der Waals surface area (Å²) in [5.41, 5.74) is 3.05. The van der Waals surface area contributed by atoms with Gasteiger partial charge in [0.25, 0.3) is 5.91 Å². The number of ether oxygens (including phenoxy) is 1. The van der Waals surface area contributed by atoms with Crippen molar-refractivity contribution in [2.45, 2.75) is 0 Å². The molecule has 4 aromatic rings. The Kier molecular flexibility index (Phi) is 5.89. The highest BCUT2D eigenvalue weighted by Crippen LogP contribution is 2.27. The summed E-state index contributed by atoms with van der Waals surface area (Å²) < 4.78 is 23.6. The van der Waals surface area contributed by atoms with Crippen LogP contribution in [0, 0.1) is 5.82 Å². The second-order valence-corrected chi connectivity index (χ2v) is 6.71. The van der Waals surface area contributed by atoms with Crippen LogP contribution in [0.3, 0.4) is 0 Å². The highest BCUT2D eigenvalue weighted by Gasteiger charge is 2.16. The van der Waals surface area contributed by atoms with E-state index in [-0.39, 0.29) is 11.6 Å². The molecule has 0 aliphatic heterocycles. The van der Waals surface area contributed by atoms with Gasteiger partial charge in [-0.2, -0.15) is 0 Å². The zero-order valence-corrected chi connectivity index (χ0v) is 16.4. The van der Waals surface area contributed by atoms with Crippen LogP contribution in [0.15, 0.2) is 95.4 Å². The first kappa shape index (κ1) is 20.1. The van der Waals surface area contributed by atoms with Crippen LogP contribution < -0.4 is 5.32 Å². The zero-order valence-electron chi connectivity index (χ0n) is 16.4. The lowest BCUT2D eigenvalue weighted by Crippen LogP contribution is -2.21. The fraction of sp³-hybridized carbons (Fsp3) is 0.0400. The van der Waals surface area contributed by atoms with Crippen molar-refractivity contribution in [1.29, 1.82) is 0 Å². The maximum Gasteiger partial charge on any atom is 0.374 e. The molecule has 3 aromatic carbocycles. The van der Waals surface area contributed by atoms with Crippen LogP contribution in [-0.2, 0) is 9.53 Å². The Balaban J connectivity index is 1.38. The van der Waals surface area contributed by atoms with Gasteiger partial charge in [-0.05, 0) is 48.0 Å². The molecule has 1 amide bonds. The molecule has 0 spiro atoms. The number of furan rings is 1. The third kappa shape index (κ3) is 4.87. The molecular weight excluding hydrogens is 397 g/mol. The van der Waals surface area contributed by atoms with Gasteiger partial charge in [0.15, 0.2) is 6.61 Å². The molecular formula is C25H18FNO4. The lowest BCUT2D eigenvalue weighted by atomic mass is 10.0. The van der Waals surface area contributed by atoms with Crippen molar-refractivity contribution in [3.63, 3.8) is 0 Å². The molecule has 1 heterocycles. The normalized spacial score (nSPS) is 10.5. The first-order valence-electron chi connectivity index (χ1n) is 9.57. The van der Waals surface area contributed by atoms with E-state index in [0.717, 1.165) is 11.1 Å². The first-order chi connectivity index (χ1) is 15.1. The Bertz CT molecular complexity index is 1200. The number of para-hydroxylation sites is 1. The van der Waals surface area contributed by atoms with E-state index in [0.29, 0.717) is 17.0 Å². The summed E-state index contributed by atoms with van der Waals surface area (Å²) in [7, 11) is 0. The molecule has 1 aromatic heterocycles. The summed E-state index contributed by atoms with van der Waals surface area (Å²) in [6.07, 6.45) is 0. The second-order valence-electron chi connectivity index (χ2n) is 6.71. The summed E-state index contributed by atoms with van der Waals surface area (Å²) in [6, 6.07) is 25.7. The summed E-state index contributed by atoms with van der Waals surface area (Å²) in [5.74, 6) is -1.25. The Morgan fingerprint density at radius 2 is 1.52 bits per heavy atom. The third-order valence-corrected chi connectivity index (χ3v) is 4.56. The van der Waals surface area contributed by atoms with Crippen LogP contribution in [0.1, 0.15) is 10.6 Å². The minimum absolute atomic E-state index is 0.0446. The average molecular weight is 415 g/mol. The van der Waals surface area contributed by atoms with Crippen molar-refractivity contribution in [3.8, 4) is 22.5 Å². The third-order valence-electron chi connectivity index (χ3n) is 4.56. The van der Waals surface area contributed by atoms with Gasteiger partial charge in [-0.1, -0.05) is 48.5 Å². The zero-order chi connectivity index (χ0) is 21.6. The number of benzene rings is 3. The average Bonchev–Trinajstić information content (AvgIpc) is 3.29. The van der Waals surface area contributed by atoms with E-state index in [2.05, 4.69) is 5.32 Å². The smallest absolute Gasteiger partial charge is 0.374 e. The molecule has 0 saturated carbocycles. The van der Waals surface area contributed by atoms with Gasteiger partial charge in [-0.25, -0.2) is 9.18 Å². The second kappa shape index (κ2) is 9.09. The molecule has 0 aliphatic rings. The van der Waals surface area contributed by atoms with Gasteiger partial charge in [-0.3, -0.25) is 4.79 Å². The number of esters is 1. The minimum atomic E-state index is -0.764. The van der Waals surface area contributed by atoms with Gasteiger partial charge in [0.2, 0.25) is 5.76 Å². The fourth-order valence-electron chi connectivity index (χ4n) is 3.07. The molecule has 0 saturated heterocycles. The molecule has 1 N–H and O–H groups in total. The quantitative estimate of drug-likeness (QED) is 0.419. The maximum atomic E-state index is 13.0. The largest absolute Gasteiger partial charge is 0.450 e. The molecule has 0 unspecified atom stereocenters. The molecule has 6 heteroatoms. The summed E-state index contributed by atoms with van der Waals surface area (Å²) in [4.78, 5) is 24.6. The Hall–Kier alpha value is -4.19. The van der Waals surface area contributed by atoms with Crippen LogP contribution >= 0.6 is 0 Å². The van der Waals surface area contributed by atoms with E-state index in [1.54, 1.807) is 24.3 Å². The van der Waals surface area contributed by atoms with Crippen LogP contribution in [-0.4, -0.2) is 18.5 Å². The van der Waals surface area contributed by atoms with Crippen LogP contribution in [0.2, 0.25) is 0 Å². The molecule has 0 bridgehead atoms. The maximum absolute atomic E-state index is 13.0. The van der Waals surface area contributed by atoms with E-state index >= 15 is 0 Å². The van der Waals surface area contributed by atoms with Gasteiger partial charge in [-0.15, -0.1) is 0 Å². The van der Waals surface area contributed by atoms with Gasteiger partial charge >= 0.3 is 5.97 Å². The molecule has 0 atom stereocenters. The predicted octanol–water partition coefficient (Wildman–Crippen LogP) is 5.55. The van der Waals surface area contributed by atoms with Crippen molar-refractivity contribution in [1.82, 2.24) is 0 Å². The molecule has 154 valence electrons. The van der Waals surface area contributed by atoms with Crippen molar-refractivity contribution in [2.75, 3.05) is 11.9 Å². The number of nitrogens with one attached hydrogen (secondary N) is 1. The van der Waals surface area contributed by atoms with E-state index in [1.165, 1.54) is 18.2 Å². The number of carbonyl (C=O) groups is 2. The number of hydrogen-bond acceptors (Lipinski definition) is 4. The number of amides is 1. The summed E-state index contributed by atoms with van der Waals surface area (Å²) >= 11 is 0. The van der Waals surface area contributed by atoms with E-state index in [1.807, 2.05) is 48.5 Å². The Morgan fingerprint density at radius 3 is 2.29 bits per heavy atom. The van der Waals surface area contributed by atoms with Crippen LogP contribution in [0.5, 0.6) is 0 Å². The lowest BCUT2D eigenvalue weighted by Gasteiger charge is -2.11. The molecule has 0 fully saturated rings. The van der Waals surface area contributed by atoms with E-state index < -0.39 is 18.5 Å². The first-order valence-corrected chi connectivity index (χ1v) is 9.57. The molecule has 31 heavy (non-hydrogen) atoms. The number of halogens is 1. The van der Waals surface area contributed by atoms with Crippen molar-refractivity contribution < 1.29 is 23.1 Å². The molecule has 4 rings (SSSR count). The number of rotatable bonds is 6. The summed E-state index contributed by atoms with van der Waals surface area (Å²) in [6.45, 7) is -0.464. The lowest BCUT2D eigenvalue weighted by molar-refractivity contribution is -0.119. The molecule has 0 radical (unpaired) electrons. The number of anilines is 1. The fourth-order valence-corrected chi connectivity index (χ4v) is 3.07. The topological polar surface area (TPSA) is 68.5 Å². The predicted molar refractivity (Wildman–Crippen MR) is 115 cm³/mol. The van der Waals surface area contributed by atoms with E-state index in [9.17, 15) is 14.0 Å². The van der Waals surface area contributed by atoms with E-state index in [4.69, 9.17) is 9.15 Å².